The van der Waals surface area contributed by atoms with Gasteiger partial charge in [-0.25, -0.2) is 8.42 Å². The molecule has 1 aromatic heterocycles. The highest BCUT2D eigenvalue weighted by Crippen LogP contribution is 2.38. The number of nitrogens with one attached hydrogen (secondary N) is 2. The number of carbonyl (C=O) groups is 1. The van der Waals surface area contributed by atoms with Crippen molar-refractivity contribution in [1.29, 1.82) is 0 Å². The summed E-state index contributed by atoms with van der Waals surface area (Å²) in [5.41, 5.74) is 4.99. The molecule has 0 radical (unpaired) electrons. The van der Waals surface area contributed by atoms with Crippen molar-refractivity contribution >= 4 is 27.3 Å². The largest absolute Gasteiger partial charge is 0.457 e. The van der Waals surface area contributed by atoms with E-state index < -0.39 is 10.0 Å². The Hall–Kier alpha value is -3.37. The first-order valence-electron chi connectivity index (χ1n) is 11.8. The third-order valence-electron chi connectivity index (χ3n) is 5.88. The second-order valence-electron chi connectivity index (χ2n) is 9.62. The highest BCUT2D eigenvalue weighted by Gasteiger charge is 2.36. The highest BCUT2D eigenvalue weighted by molar-refractivity contribution is 7.93. The number of sulfonamides is 1. The van der Waals surface area contributed by atoms with E-state index in [0.29, 0.717) is 47.2 Å². The molecule has 192 valence electrons. The average Bonchev–Trinajstić information content (AvgIpc) is 3.55. The second-order valence-corrected chi connectivity index (χ2v) is 11.6. The van der Waals surface area contributed by atoms with Crippen molar-refractivity contribution < 1.29 is 22.5 Å². The standard InChI is InChI=1S/C26H32N4O5S/c1-15-9-20(27-24(31)14-30(5)6)10-16(2)26(15)34-22-12-19(25-17(3)28-35-18(25)4)11-21(13-22)29-36(32,33)23-7-8-23/h9-13,23,29H,7-8,14H2,1-6H3,(H,27,31). The Balaban J connectivity index is 1.68. The van der Waals surface area contributed by atoms with Crippen LogP contribution in [-0.4, -0.2) is 50.3 Å². The number of carbonyl (C=O) groups excluding carboxylic acids is 1. The molecule has 36 heavy (non-hydrogen) atoms. The molecule has 2 N–H and O–H groups in total. The number of aryl methyl sites for hydroxylation is 4. The third-order valence-corrected chi connectivity index (χ3v) is 7.75. The van der Waals surface area contributed by atoms with Gasteiger partial charge in [-0.2, -0.15) is 0 Å². The van der Waals surface area contributed by atoms with Crippen LogP contribution >= 0.6 is 0 Å². The molecule has 1 saturated carbocycles. The van der Waals surface area contributed by atoms with Crippen molar-refractivity contribution in [3.63, 3.8) is 0 Å². The number of hydrogen-bond acceptors (Lipinski definition) is 7. The number of anilines is 2. The quantitative estimate of drug-likeness (QED) is 0.424. The molecule has 0 atom stereocenters. The highest BCUT2D eigenvalue weighted by atomic mass is 32.2. The fraction of sp³-hybridized carbons (Fsp3) is 0.385. The molecular formula is C26H32N4O5S. The lowest BCUT2D eigenvalue weighted by atomic mass is 10.0. The molecule has 1 amide bonds. The first-order chi connectivity index (χ1) is 16.9. The van der Waals surface area contributed by atoms with Crippen LogP contribution in [0.3, 0.4) is 0 Å². The van der Waals surface area contributed by atoms with Gasteiger partial charge in [0, 0.05) is 17.3 Å². The fourth-order valence-electron chi connectivity index (χ4n) is 4.17. The van der Waals surface area contributed by atoms with Gasteiger partial charge in [-0.1, -0.05) is 5.16 Å². The lowest BCUT2D eigenvalue weighted by Gasteiger charge is -2.17. The van der Waals surface area contributed by atoms with Gasteiger partial charge in [0.2, 0.25) is 15.9 Å². The SMILES string of the molecule is Cc1cc(NC(=O)CN(C)C)cc(C)c1Oc1cc(NS(=O)(=O)C2CC2)cc(-c2c(C)noc2C)c1. The van der Waals surface area contributed by atoms with Gasteiger partial charge in [-0.15, -0.1) is 0 Å². The van der Waals surface area contributed by atoms with Crippen LogP contribution in [-0.2, 0) is 14.8 Å². The summed E-state index contributed by atoms with van der Waals surface area (Å²) in [6.07, 6.45) is 1.33. The summed E-state index contributed by atoms with van der Waals surface area (Å²) >= 11 is 0. The summed E-state index contributed by atoms with van der Waals surface area (Å²) in [5.74, 6) is 1.63. The van der Waals surface area contributed by atoms with Crippen molar-refractivity contribution in [2.45, 2.75) is 45.8 Å². The van der Waals surface area contributed by atoms with Crippen LogP contribution in [0.4, 0.5) is 11.4 Å². The van der Waals surface area contributed by atoms with E-state index in [-0.39, 0.29) is 17.7 Å². The maximum Gasteiger partial charge on any atom is 0.238 e. The zero-order valence-electron chi connectivity index (χ0n) is 21.4. The van der Waals surface area contributed by atoms with Gasteiger partial charge in [-0.3, -0.25) is 9.52 Å². The van der Waals surface area contributed by atoms with Crippen LogP contribution < -0.4 is 14.8 Å². The van der Waals surface area contributed by atoms with Crippen LogP contribution in [0.15, 0.2) is 34.9 Å². The minimum absolute atomic E-state index is 0.104. The van der Waals surface area contributed by atoms with Gasteiger partial charge in [0.25, 0.3) is 0 Å². The Morgan fingerprint density at radius 2 is 1.72 bits per heavy atom. The number of nitrogens with zero attached hydrogens (tertiary/aromatic N) is 2. The van der Waals surface area contributed by atoms with Crippen LogP contribution in [0.2, 0.25) is 0 Å². The maximum absolute atomic E-state index is 12.6. The van der Waals surface area contributed by atoms with Crippen LogP contribution in [0.5, 0.6) is 11.5 Å². The lowest BCUT2D eigenvalue weighted by molar-refractivity contribution is -0.116. The third kappa shape index (κ3) is 5.88. The zero-order chi connectivity index (χ0) is 26.2. The molecule has 0 aliphatic heterocycles. The van der Waals surface area contributed by atoms with Gasteiger partial charge in [-0.05, 0) is 95.6 Å². The molecule has 1 heterocycles. The summed E-state index contributed by atoms with van der Waals surface area (Å²) in [4.78, 5) is 14.0. The van der Waals surface area contributed by atoms with E-state index in [9.17, 15) is 13.2 Å². The Morgan fingerprint density at radius 3 is 2.28 bits per heavy atom. The normalized spacial score (nSPS) is 13.6. The summed E-state index contributed by atoms with van der Waals surface area (Å²) in [5, 5.41) is 6.59. The molecule has 4 rings (SSSR count). The number of hydrogen-bond donors (Lipinski definition) is 2. The fourth-order valence-corrected chi connectivity index (χ4v) is 5.54. The van der Waals surface area contributed by atoms with Crippen molar-refractivity contribution in [3.05, 3.63) is 52.9 Å². The first-order valence-corrected chi connectivity index (χ1v) is 13.3. The molecule has 0 spiro atoms. The Labute approximate surface area is 211 Å². The van der Waals surface area contributed by atoms with E-state index in [1.54, 1.807) is 17.0 Å². The maximum atomic E-state index is 12.6. The Kier molecular flexibility index (Phi) is 7.10. The van der Waals surface area contributed by atoms with Crippen molar-refractivity contribution in [3.8, 4) is 22.6 Å². The molecule has 3 aromatic rings. The first kappa shape index (κ1) is 25.7. The summed E-state index contributed by atoms with van der Waals surface area (Å²) in [7, 11) is 0.206. The number of amides is 1. The number of benzene rings is 2. The predicted molar refractivity (Wildman–Crippen MR) is 140 cm³/mol. The molecule has 10 heteroatoms. The van der Waals surface area contributed by atoms with Crippen LogP contribution in [0, 0.1) is 27.7 Å². The number of likely N-dealkylation sites (N-methyl/N-ethyl adjacent to an activating group) is 1. The van der Waals surface area contributed by atoms with Crippen molar-refractivity contribution in [1.82, 2.24) is 10.1 Å². The summed E-state index contributed by atoms with van der Waals surface area (Å²) in [6.45, 7) is 7.74. The number of rotatable bonds is 9. The van der Waals surface area contributed by atoms with Crippen molar-refractivity contribution in [2.24, 2.45) is 0 Å². The molecule has 0 bridgehead atoms. The molecule has 2 aromatic carbocycles. The molecule has 0 unspecified atom stereocenters. The van der Waals surface area contributed by atoms with E-state index >= 15 is 0 Å². The second kappa shape index (κ2) is 9.94. The molecular weight excluding hydrogens is 480 g/mol. The van der Waals surface area contributed by atoms with Crippen LogP contribution in [0.1, 0.15) is 35.4 Å². The van der Waals surface area contributed by atoms with E-state index in [2.05, 4.69) is 15.2 Å². The lowest BCUT2D eigenvalue weighted by Crippen LogP contribution is -2.27. The van der Waals surface area contributed by atoms with Crippen molar-refractivity contribution in [2.75, 3.05) is 30.7 Å². The Bertz CT molecular complexity index is 1370. The molecule has 1 aliphatic carbocycles. The van der Waals surface area contributed by atoms with E-state index in [1.165, 1.54) is 0 Å². The molecule has 0 saturated heterocycles. The van der Waals surface area contributed by atoms with Gasteiger partial charge in [0.15, 0.2) is 0 Å². The topological polar surface area (TPSA) is 114 Å². The van der Waals surface area contributed by atoms with E-state index in [0.717, 1.165) is 22.3 Å². The number of ether oxygens (including phenoxy) is 1. The summed E-state index contributed by atoms with van der Waals surface area (Å²) < 4.78 is 39.6. The van der Waals surface area contributed by atoms with Gasteiger partial charge in [0.1, 0.15) is 17.3 Å². The molecule has 9 nitrogen and oxygen atoms in total. The minimum Gasteiger partial charge on any atom is -0.457 e. The van der Waals surface area contributed by atoms with Gasteiger partial charge >= 0.3 is 0 Å². The van der Waals surface area contributed by atoms with Gasteiger partial charge in [0.05, 0.1) is 23.2 Å². The monoisotopic (exact) mass is 512 g/mol. The zero-order valence-corrected chi connectivity index (χ0v) is 22.2. The predicted octanol–water partition coefficient (Wildman–Crippen LogP) is 4.77. The minimum atomic E-state index is -3.47. The van der Waals surface area contributed by atoms with E-state index in [4.69, 9.17) is 9.26 Å². The van der Waals surface area contributed by atoms with Crippen LogP contribution in [0.25, 0.3) is 11.1 Å². The average molecular weight is 513 g/mol. The summed E-state index contributed by atoms with van der Waals surface area (Å²) in [6, 6.07) is 8.98. The number of aromatic nitrogens is 1. The smallest absolute Gasteiger partial charge is 0.238 e. The molecule has 1 fully saturated rings. The molecule has 1 aliphatic rings. The Morgan fingerprint density at radius 1 is 1.06 bits per heavy atom. The van der Waals surface area contributed by atoms with Gasteiger partial charge < -0.3 is 19.5 Å². The van der Waals surface area contributed by atoms with E-state index in [1.807, 2.05) is 60.0 Å².